The number of ether oxygens (including phenoxy) is 1. The molecule has 0 saturated heterocycles. The lowest BCUT2D eigenvalue weighted by molar-refractivity contribution is -0.172. The molecular weight excluding hydrogens is 216 g/mol. The third-order valence-corrected chi connectivity index (χ3v) is 4.97. The predicted molar refractivity (Wildman–Crippen MR) is 65.4 cm³/mol. The van der Waals surface area contributed by atoms with Gasteiger partial charge in [-0.05, 0) is 37.5 Å². The second kappa shape index (κ2) is 4.60. The Balaban J connectivity index is 2.23. The van der Waals surface area contributed by atoms with Crippen molar-refractivity contribution >= 4 is 5.97 Å². The lowest BCUT2D eigenvalue weighted by atomic mass is 9.57. The number of rotatable bonds is 1. The fraction of sp³-hybridized carbons (Fsp3) is 0.929. The van der Waals surface area contributed by atoms with Gasteiger partial charge in [-0.3, -0.25) is 4.79 Å². The predicted octanol–water partition coefficient (Wildman–Crippen LogP) is 2.37. The van der Waals surface area contributed by atoms with Crippen LogP contribution in [0, 0.1) is 23.7 Å². The van der Waals surface area contributed by atoms with Gasteiger partial charge in [-0.1, -0.05) is 26.2 Å². The average molecular weight is 240 g/mol. The van der Waals surface area contributed by atoms with Crippen molar-refractivity contribution in [2.75, 3.05) is 7.11 Å². The summed E-state index contributed by atoms with van der Waals surface area (Å²) in [6.45, 7) is 3.91. The molecule has 0 radical (unpaired) electrons. The van der Waals surface area contributed by atoms with E-state index in [1.807, 2.05) is 0 Å². The topological polar surface area (TPSA) is 46.5 Å². The molecule has 2 saturated carbocycles. The van der Waals surface area contributed by atoms with Crippen molar-refractivity contribution in [3.63, 3.8) is 0 Å². The van der Waals surface area contributed by atoms with Crippen molar-refractivity contribution in [1.29, 1.82) is 0 Å². The van der Waals surface area contributed by atoms with Crippen molar-refractivity contribution in [3.8, 4) is 0 Å². The molecule has 1 N–H and O–H groups in total. The molecule has 2 aliphatic rings. The first-order chi connectivity index (χ1) is 7.97. The number of methoxy groups -OCH3 is 1. The van der Waals surface area contributed by atoms with Gasteiger partial charge in [-0.2, -0.15) is 0 Å². The number of carbonyl (C=O) groups is 1. The second-order valence-electron chi connectivity index (χ2n) is 6.13. The maximum atomic E-state index is 11.9. The Morgan fingerprint density at radius 2 is 2.00 bits per heavy atom. The minimum absolute atomic E-state index is 0.233. The molecule has 0 amide bonds. The van der Waals surface area contributed by atoms with Crippen LogP contribution in [-0.4, -0.2) is 23.8 Å². The number of esters is 1. The molecule has 0 aromatic rings. The molecule has 3 nitrogen and oxygen atoms in total. The van der Waals surface area contributed by atoms with Gasteiger partial charge in [-0.15, -0.1) is 0 Å². The van der Waals surface area contributed by atoms with Crippen molar-refractivity contribution < 1.29 is 14.6 Å². The summed E-state index contributed by atoms with van der Waals surface area (Å²) in [7, 11) is 1.41. The monoisotopic (exact) mass is 240 g/mol. The molecule has 0 heterocycles. The first-order valence-corrected chi connectivity index (χ1v) is 6.77. The Morgan fingerprint density at radius 3 is 2.65 bits per heavy atom. The van der Waals surface area contributed by atoms with Gasteiger partial charge in [0.15, 0.2) is 0 Å². The molecule has 2 aliphatic carbocycles. The van der Waals surface area contributed by atoms with Crippen LogP contribution in [0.2, 0.25) is 0 Å². The van der Waals surface area contributed by atoms with E-state index in [2.05, 4.69) is 6.92 Å². The Morgan fingerprint density at radius 1 is 1.35 bits per heavy atom. The van der Waals surface area contributed by atoms with Crippen LogP contribution >= 0.6 is 0 Å². The Bertz CT molecular complexity index is 298. The molecule has 98 valence electrons. The van der Waals surface area contributed by atoms with Gasteiger partial charge >= 0.3 is 5.97 Å². The number of aliphatic hydroxyl groups is 1. The molecule has 17 heavy (non-hydrogen) atoms. The van der Waals surface area contributed by atoms with Gasteiger partial charge in [0.25, 0.3) is 0 Å². The van der Waals surface area contributed by atoms with Gasteiger partial charge in [0.05, 0.1) is 18.6 Å². The molecule has 0 aromatic carbocycles. The maximum absolute atomic E-state index is 11.9. The van der Waals surface area contributed by atoms with Crippen LogP contribution in [0.3, 0.4) is 0 Å². The van der Waals surface area contributed by atoms with Crippen molar-refractivity contribution in [2.45, 2.75) is 51.6 Å². The minimum Gasteiger partial charge on any atom is -0.469 e. The lowest BCUT2D eigenvalue weighted by Crippen LogP contribution is -2.53. The number of hydrogen-bond donors (Lipinski definition) is 1. The van der Waals surface area contributed by atoms with Crippen LogP contribution in [0.1, 0.15) is 46.0 Å². The molecular formula is C14H24O3. The van der Waals surface area contributed by atoms with E-state index in [4.69, 9.17) is 4.74 Å². The van der Waals surface area contributed by atoms with Gasteiger partial charge < -0.3 is 9.84 Å². The second-order valence-corrected chi connectivity index (χ2v) is 6.13. The molecule has 3 heteroatoms. The van der Waals surface area contributed by atoms with Crippen LogP contribution < -0.4 is 0 Å². The molecule has 5 atom stereocenters. The van der Waals surface area contributed by atoms with Crippen molar-refractivity contribution in [2.24, 2.45) is 23.7 Å². The SMILES string of the molecule is COC(=O)[C@@H]1[C@@H](C)[C@@H]2CCCC[C@@H]2C[C@@]1(C)O. The normalized spacial score (nSPS) is 46.1. The van der Waals surface area contributed by atoms with E-state index >= 15 is 0 Å². The summed E-state index contributed by atoms with van der Waals surface area (Å²) >= 11 is 0. The van der Waals surface area contributed by atoms with E-state index in [1.54, 1.807) is 6.92 Å². The van der Waals surface area contributed by atoms with Gasteiger partial charge in [0.1, 0.15) is 0 Å². The first-order valence-electron chi connectivity index (χ1n) is 6.77. The summed E-state index contributed by atoms with van der Waals surface area (Å²) in [5.41, 5.74) is -0.898. The summed E-state index contributed by atoms with van der Waals surface area (Å²) in [6, 6.07) is 0. The summed E-state index contributed by atoms with van der Waals surface area (Å²) in [5.74, 6) is 0.817. The molecule has 2 rings (SSSR count). The fourth-order valence-corrected chi connectivity index (χ4v) is 4.25. The van der Waals surface area contributed by atoms with Crippen molar-refractivity contribution in [1.82, 2.24) is 0 Å². The summed E-state index contributed by atoms with van der Waals surface area (Å²) in [5, 5.41) is 10.5. The molecule has 2 fully saturated rings. The highest BCUT2D eigenvalue weighted by Crippen LogP contribution is 2.50. The highest BCUT2D eigenvalue weighted by atomic mass is 16.5. The van der Waals surface area contributed by atoms with Crippen LogP contribution in [-0.2, 0) is 9.53 Å². The van der Waals surface area contributed by atoms with Gasteiger partial charge in [-0.25, -0.2) is 0 Å². The third kappa shape index (κ3) is 2.22. The van der Waals surface area contributed by atoms with Crippen LogP contribution in [0.5, 0.6) is 0 Å². The number of fused-ring (bicyclic) bond motifs is 1. The van der Waals surface area contributed by atoms with Gasteiger partial charge in [0, 0.05) is 0 Å². The summed E-state index contributed by atoms with van der Waals surface area (Å²) in [6.07, 6.45) is 5.70. The Labute approximate surface area is 104 Å². The zero-order valence-corrected chi connectivity index (χ0v) is 11.1. The third-order valence-electron chi connectivity index (χ3n) is 4.97. The van der Waals surface area contributed by atoms with Crippen LogP contribution in [0.4, 0.5) is 0 Å². The van der Waals surface area contributed by atoms with E-state index in [0.29, 0.717) is 11.8 Å². The largest absolute Gasteiger partial charge is 0.469 e. The average Bonchev–Trinajstić information content (AvgIpc) is 2.27. The van der Waals surface area contributed by atoms with Crippen molar-refractivity contribution in [3.05, 3.63) is 0 Å². The van der Waals surface area contributed by atoms with Gasteiger partial charge in [0.2, 0.25) is 0 Å². The standard InChI is InChI=1S/C14H24O3/c1-9-11-7-5-4-6-10(11)8-14(2,16)12(9)13(15)17-3/h9-12,16H,4-8H2,1-3H3/t9-,10+,11-,12-,14+/m0/s1. The number of hydrogen-bond acceptors (Lipinski definition) is 3. The fourth-order valence-electron chi connectivity index (χ4n) is 4.25. The minimum atomic E-state index is -0.898. The lowest BCUT2D eigenvalue weighted by Gasteiger charge is -2.50. The highest BCUT2D eigenvalue weighted by Gasteiger charge is 2.52. The van der Waals surface area contributed by atoms with E-state index < -0.39 is 5.60 Å². The molecule has 0 aromatic heterocycles. The summed E-state index contributed by atoms with van der Waals surface area (Å²) < 4.78 is 4.88. The zero-order chi connectivity index (χ0) is 12.6. The first kappa shape index (κ1) is 12.9. The maximum Gasteiger partial charge on any atom is 0.311 e. The molecule has 0 bridgehead atoms. The quantitative estimate of drug-likeness (QED) is 0.716. The Hall–Kier alpha value is -0.570. The number of carbonyl (C=O) groups excluding carboxylic acids is 1. The molecule has 0 spiro atoms. The molecule has 0 unspecified atom stereocenters. The van der Waals surface area contributed by atoms with E-state index in [9.17, 15) is 9.90 Å². The molecule has 0 aliphatic heterocycles. The van der Waals surface area contributed by atoms with Crippen LogP contribution in [0.25, 0.3) is 0 Å². The van der Waals surface area contributed by atoms with E-state index in [1.165, 1.54) is 32.8 Å². The summed E-state index contributed by atoms with van der Waals surface area (Å²) in [4.78, 5) is 11.9. The van der Waals surface area contributed by atoms with E-state index in [-0.39, 0.29) is 17.8 Å². The zero-order valence-electron chi connectivity index (χ0n) is 11.1. The van der Waals surface area contributed by atoms with Crippen LogP contribution in [0.15, 0.2) is 0 Å². The highest BCUT2D eigenvalue weighted by molar-refractivity contribution is 5.74. The Kier molecular flexibility index (Phi) is 3.48. The smallest absolute Gasteiger partial charge is 0.311 e. The van der Waals surface area contributed by atoms with E-state index in [0.717, 1.165) is 6.42 Å².